The molecule has 98 valence electrons. The first-order valence-electron chi connectivity index (χ1n) is 5.40. The molecule has 1 heterocycles. The first-order valence-corrected chi connectivity index (χ1v) is 6.76. The number of hydrogen-bond donors (Lipinski definition) is 0. The number of rotatable bonds is 2. The van der Waals surface area contributed by atoms with Crippen molar-refractivity contribution in [2.24, 2.45) is 0 Å². The highest BCUT2D eigenvalue weighted by atomic mass is 32.2. The molecule has 6 nitrogen and oxygen atoms in total. The van der Waals surface area contributed by atoms with Gasteiger partial charge >= 0.3 is 16.4 Å². The Hall–Kier alpha value is -1.60. The van der Waals surface area contributed by atoms with Crippen molar-refractivity contribution in [3.8, 4) is 0 Å². The molecular formula is C11H13NO5S. The molecule has 7 heteroatoms. The van der Waals surface area contributed by atoms with Crippen LogP contribution in [0.25, 0.3) is 0 Å². The minimum Gasteiger partial charge on any atom is -0.444 e. The van der Waals surface area contributed by atoms with Crippen LogP contribution >= 0.6 is 0 Å². The van der Waals surface area contributed by atoms with E-state index in [1.807, 2.05) is 18.2 Å². The Kier molecular flexibility index (Phi) is 3.53. The molecule has 1 aromatic rings. The Labute approximate surface area is 105 Å². The molecule has 0 saturated carbocycles. The van der Waals surface area contributed by atoms with Crippen LogP contribution in [0.2, 0.25) is 0 Å². The minimum absolute atomic E-state index is 0.0262. The van der Waals surface area contributed by atoms with Crippen LogP contribution in [0, 0.1) is 0 Å². The SMILES string of the molecule is CC1COS(=O)(=O)N1C(=O)OCc1ccccc1. The van der Waals surface area contributed by atoms with E-state index in [1.165, 1.54) is 0 Å². The van der Waals surface area contributed by atoms with Crippen molar-refractivity contribution < 1.29 is 22.1 Å². The van der Waals surface area contributed by atoms with Gasteiger partial charge in [0.15, 0.2) is 0 Å². The number of ether oxygens (including phenoxy) is 1. The van der Waals surface area contributed by atoms with E-state index in [0.717, 1.165) is 5.56 Å². The summed E-state index contributed by atoms with van der Waals surface area (Å²) in [7, 11) is -3.98. The maximum Gasteiger partial charge on any atom is 0.426 e. The molecule has 2 rings (SSSR count). The zero-order chi connectivity index (χ0) is 13.2. The molecule has 1 aliphatic rings. The summed E-state index contributed by atoms with van der Waals surface area (Å²) in [5.74, 6) is 0. The molecular weight excluding hydrogens is 258 g/mol. The van der Waals surface area contributed by atoms with Crippen molar-refractivity contribution in [3.63, 3.8) is 0 Å². The average Bonchev–Trinajstić information content (AvgIpc) is 2.62. The smallest absolute Gasteiger partial charge is 0.426 e. The lowest BCUT2D eigenvalue weighted by molar-refractivity contribution is 0.114. The lowest BCUT2D eigenvalue weighted by Gasteiger charge is -2.16. The molecule has 0 bridgehead atoms. The van der Waals surface area contributed by atoms with Gasteiger partial charge in [-0.1, -0.05) is 30.3 Å². The maximum absolute atomic E-state index is 11.7. The van der Waals surface area contributed by atoms with Gasteiger partial charge < -0.3 is 4.74 Å². The number of benzene rings is 1. The number of amides is 1. The van der Waals surface area contributed by atoms with E-state index in [0.29, 0.717) is 4.31 Å². The van der Waals surface area contributed by atoms with E-state index in [2.05, 4.69) is 4.18 Å². The topological polar surface area (TPSA) is 72.9 Å². The molecule has 1 aliphatic heterocycles. The van der Waals surface area contributed by atoms with Gasteiger partial charge in [-0.25, -0.2) is 4.79 Å². The van der Waals surface area contributed by atoms with Crippen LogP contribution in [0.15, 0.2) is 30.3 Å². The molecule has 0 N–H and O–H groups in total. The van der Waals surface area contributed by atoms with Crippen molar-refractivity contribution in [1.29, 1.82) is 0 Å². The van der Waals surface area contributed by atoms with Gasteiger partial charge in [-0.05, 0) is 12.5 Å². The summed E-state index contributed by atoms with van der Waals surface area (Å²) >= 11 is 0. The van der Waals surface area contributed by atoms with Gasteiger partial charge in [-0.15, -0.1) is 0 Å². The summed E-state index contributed by atoms with van der Waals surface area (Å²) in [5, 5.41) is 0. The molecule has 0 spiro atoms. The minimum atomic E-state index is -3.98. The van der Waals surface area contributed by atoms with Gasteiger partial charge in [0, 0.05) is 0 Å². The third kappa shape index (κ3) is 2.62. The third-order valence-corrected chi connectivity index (χ3v) is 3.91. The zero-order valence-electron chi connectivity index (χ0n) is 9.78. The summed E-state index contributed by atoms with van der Waals surface area (Å²) in [6.07, 6.45) is -0.913. The van der Waals surface area contributed by atoms with Gasteiger partial charge in [0.05, 0.1) is 12.6 Å². The second-order valence-corrected chi connectivity index (χ2v) is 5.41. The van der Waals surface area contributed by atoms with E-state index < -0.39 is 22.4 Å². The van der Waals surface area contributed by atoms with Crippen LogP contribution in [0.3, 0.4) is 0 Å². The second-order valence-electron chi connectivity index (χ2n) is 3.93. The Morgan fingerprint density at radius 3 is 2.67 bits per heavy atom. The molecule has 1 aromatic carbocycles. The lowest BCUT2D eigenvalue weighted by Crippen LogP contribution is -2.38. The predicted molar refractivity (Wildman–Crippen MR) is 62.8 cm³/mol. The molecule has 1 amide bonds. The van der Waals surface area contributed by atoms with Gasteiger partial charge in [0.2, 0.25) is 0 Å². The highest BCUT2D eigenvalue weighted by molar-refractivity contribution is 7.85. The molecule has 0 radical (unpaired) electrons. The first kappa shape index (κ1) is 12.8. The van der Waals surface area contributed by atoms with Crippen molar-refractivity contribution in [1.82, 2.24) is 4.31 Å². The van der Waals surface area contributed by atoms with Crippen molar-refractivity contribution >= 4 is 16.4 Å². The second kappa shape index (κ2) is 4.95. The number of hydrogen-bond acceptors (Lipinski definition) is 5. The predicted octanol–water partition coefficient (Wildman–Crippen LogP) is 1.29. The van der Waals surface area contributed by atoms with Crippen molar-refractivity contribution in [3.05, 3.63) is 35.9 Å². The van der Waals surface area contributed by atoms with Crippen LogP contribution in [0.4, 0.5) is 4.79 Å². The number of carbonyl (C=O) groups is 1. The molecule has 1 unspecified atom stereocenters. The summed E-state index contributed by atoms with van der Waals surface area (Å²) in [6.45, 7) is 1.56. The van der Waals surface area contributed by atoms with Crippen LogP contribution in [0.1, 0.15) is 12.5 Å². The van der Waals surface area contributed by atoms with E-state index in [4.69, 9.17) is 4.74 Å². The fraction of sp³-hybridized carbons (Fsp3) is 0.364. The van der Waals surface area contributed by atoms with Gasteiger partial charge in [0.1, 0.15) is 6.61 Å². The highest BCUT2D eigenvalue weighted by Gasteiger charge is 2.41. The monoisotopic (exact) mass is 271 g/mol. The largest absolute Gasteiger partial charge is 0.444 e. The molecule has 0 aliphatic carbocycles. The number of nitrogens with zero attached hydrogens (tertiary/aromatic N) is 1. The summed E-state index contributed by atoms with van der Waals surface area (Å²) in [6, 6.07) is 8.48. The Bertz CT molecular complexity index is 528. The van der Waals surface area contributed by atoms with Crippen LogP contribution in [-0.2, 0) is 25.8 Å². The van der Waals surface area contributed by atoms with E-state index in [-0.39, 0.29) is 13.2 Å². The van der Waals surface area contributed by atoms with E-state index in [9.17, 15) is 13.2 Å². The summed E-state index contributed by atoms with van der Waals surface area (Å²) < 4.78 is 33.0. The lowest BCUT2D eigenvalue weighted by atomic mass is 10.2. The molecule has 1 fully saturated rings. The highest BCUT2D eigenvalue weighted by Crippen LogP contribution is 2.19. The normalized spacial score (nSPS) is 21.8. The fourth-order valence-electron chi connectivity index (χ4n) is 1.58. The van der Waals surface area contributed by atoms with E-state index >= 15 is 0 Å². The summed E-state index contributed by atoms with van der Waals surface area (Å²) in [4.78, 5) is 11.7. The first-order chi connectivity index (χ1) is 8.50. The van der Waals surface area contributed by atoms with Crippen LogP contribution in [0.5, 0.6) is 0 Å². The standard InChI is InChI=1S/C11H13NO5S/c1-9-7-17-18(14,15)12(9)11(13)16-8-10-5-3-2-4-6-10/h2-6,9H,7-8H2,1H3. The zero-order valence-corrected chi connectivity index (χ0v) is 10.6. The average molecular weight is 271 g/mol. The third-order valence-electron chi connectivity index (χ3n) is 2.48. The Morgan fingerprint density at radius 2 is 2.11 bits per heavy atom. The van der Waals surface area contributed by atoms with Crippen LogP contribution < -0.4 is 0 Å². The Balaban J connectivity index is 2.00. The van der Waals surface area contributed by atoms with Crippen molar-refractivity contribution in [2.45, 2.75) is 19.6 Å². The van der Waals surface area contributed by atoms with Gasteiger partial charge in [0.25, 0.3) is 0 Å². The maximum atomic E-state index is 11.7. The van der Waals surface area contributed by atoms with E-state index in [1.54, 1.807) is 19.1 Å². The number of carbonyl (C=O) groups excluding carboxylic acids is 1. The van der Waals surface area contributed by atoms with Crippen LogP contribution in [-0.4, -0.2) is 31.5 Å². The molecule has 1 saturated heterocycles. The molecule has 0 aromatic heterocycles. The Morgan fingerprint density at radius 1 is 1.44 bits per heavy atom. The molecule has 18 heavy (non-hydrogen) atoms. The fourth-order valence-corrected chi connectivity index (χ4v) is 2.80. The van der Waals surface area contributed by atoms with Gasteiger partial charge in [-0.3, -0.25) is 4.18 Å². The summed E-state index contributed by atoms with van der Waals surface area (Å²) in [5.41, 5.74) is 0.788. The van der Waals surface area contributed by atoms with Gasteiger partial charge in [-0.2, -0.15) is 12.7 Å². The quantitative estimate of drug-likeness (QED) is 0.810. The van der Waals surface area contributed by atoms with Crippen molar-refractivity contribution in [2.75, 3.05) is 6.61 Å². The molecule has 1 atom stereocenters.